The minimum absolute atomic E-state index is 0.142. The number of hydrogen-bond donors (Lipinski definition) is 2. The minimum Gasteiger partial charge on any atom is -0.395 e. The number of benzene rings is 1. The van der Waals surface area contributed by atoms with E-state index in [1.54, 1.807) is 24.4 Å². The third-order valence-electron chi connectivity index (χ3n) is 2.96. The molecule has 0 saturated heterocycles. The first kappa shape index (κ1) is 15.8. The maximum absolute atomic E-state index is 12.6. The fraction of sp³-hybridized carbons (Fsp3) is 0.286. The lowest BCUT2D eigenvalue weighted by Crippen LogP contribution is -2.33. The first-order chi connectivity index (χ1) is 10.0. The van der Waals surface area contributed by atoms with Crippen LogP contribution in [-0.4, -0.2) is 39.0 Å². The van der Waals surface area contributed by atoms with Crippen LogP contribution in [0, 0.1) is 6.92 Å². The van der Waals surface area contributed by atoms with Crippen LogP contribution < -0.4 is 0 Å². The standard InChI is InChI=1S/C14H15Cl2N3O2/c1-9-17-7-10(18-9)8-19(5-6-20)14(21)11-3-2-4-12(15)13(11)16/h2-4,7,20H,5-6,8H2,1H3,(H,17,18). The Bertz CT molecular complexity index is 643. The normalized spacial score (nSPS) is 10.7. The molecule has 0 saturated carbocycles. The number of aryl methyl sites for hydroxylation is 1. The Kier molecular flexibility index (Phi) is 5.22. The number of aliphatic hydroxyl groups excluding tert-OH is 1. The number of hydrogen-bond acceptors (Lipinski definition) is 3. The third kappa shape index (κ3) is 3.75. The molecule has 0 spiro atoms. The molecule has 1 heterocycles. The molecule has 21 heavy (non-hydrogen) atoms. The Morgan fingerprint density at radius 2 is 2.19 bits per heavy atom. The van der Waals surface area contributed by atoms with Gasteiger partial charge >= 0.3 is 0 Å². The predicted octanol–water partition coefficient (Wildman–Crippen LogP) is 2.66. The lowest BCUT2D eigenvalue weighted by atomic mass is 10.2. The summed E-state index contributed by atoms with van der Waals surface area (Å²) in [5, 5.41) is 9.70. The van der Waals surface area contributed by atoms with E-state index in [9.17, 15) is 4.79 Å². The molecule has 1 aromatic heterocycles. The van der Waals surface area contributed by atoms with Crippen molar-refractivity contribution in [3.8, 4) is 0 Å². The highest BCUT2D eigenvalue weighted by molar-refractivity contribution is 6.43. The van der Waals surface area contributed by atoms with Crippen molar-refractivity contribution in [2.45, 2.75) is 13.5 Å². The monoisotopic (exact) mass is 327 g/mol. The summed E-state index contributed by atoms with van der Waals surface area (Å²) in [4.78, 5) is 21.2. The van der Waals surface area contributed by atoms with Gasteiger partial charge < -0.3 is 15.0 Å². The number of nitrogens with one attached hydrogen (secondary N) is 1. The molecule has 0 radical (unpaired) electrons. The zero-order valence-electron chi connectivity index (χ0n) is 11.4. The predicted molar refractivity (Wildman–Crippen MR) is 81.6 cm³/mol. The number of rotatable bonds is 5. The number of amides is 1. The molecule has 7 heteroatoms. The molecule has 112 valence electrons. The van der Waals surface area contributed by atoms with Crippen LogP contribution in [0.3, 0.4) is 0 Å². The summed E-state index contributed by atoms with van der Waals surface area (Å²) in [7, 11) is 0. The highest BCUT2D eigenvalue weighted by atomic mass is 35.5. The largest absolute Gasteiger partial charge is 0.395 e. The van der Waals surface area contributed by atoms with Crippen LogP contribution >= 0.6 is 23.2 Å². The van der Waals surface area contributed by atoms with E-state index in [1.165, 1.54) is 4.90 Å². The zero-order chi connectivity index (χ0) is 15.4. The molecule has 0 aliphatic rings. The second-order valence-corrected chi connectivity index (χ2v) is 5.33. The number of aromatic nitrogens is 2. The highest BCUT2D eigenvalue weighted by Gasteiger charge is 2.20. The Labute approximate surface area is 132 Å². The summed E-state index contributed by atoms with van der Waals surface area (Å²) in [5.41, 5.74) is 1.10. The second-order valence-electron chi connectivity index (χ2n) is 4.55. The molecule has 0 fully saturated rings. The van der Waals surface area contributed by atoms with Gasteiger partial charge in [-0.15, -0.1) is 0 Å². The lowest BCUT2D eigenvalue weighted by molar-refractivity contribution is 0.0706. The van der Waals surface area contributed by atoms with Gasteiger partial charge in [0.15, 0.2) is 0 Å². The van der Waals surface area contributed by atoms with E-state index in [0.29, 0.717) is 17.1 Å². The molecule has 1 aromatic carbocycles. The summed E-state index contributed by atoms with van der Waals surface area (Å²) in [5.74, 6) is 0.478. The summed E-state index contributed by atoms with van der Waals surface area (Å²) in [6.07, 6.45) is 1.66. The average Bonchev–Trinajstić information content (AvgIpc) is 2.86. The van der Waals surface area contributed by atoms with Crippen LogP contribution in [0.2, 0.25) is 10.0 Å². The first-order valence-electron chi connectivity index (χ1n) is 6.37. The van der Waals surface area contributed by atoms with E-state index < -0.39 is 0 Å². The molecule has 2 rings (SSSR count). The Morgan fingerprint density at radius 1 is 1.43 bits per heavy atom. The van der Waals surface area contributed by atoms with Crippen molar-refractivity contribution in [1.29, 1.82) is 0 Å². The number of carbonyl (C=O) groups is 1. The molecule has 5 nitrogen and oxygen atoms in total. The molecule has 0 atom stereocenters. The second kappa shape index (κ2) is 6.93. The van der Waals surface area contributed by atoms with Gasteiger partial charge in [-0.25, -0.2) is 4.98 Å². The fourth-order valence-corrected chi connectivity index (χ4v) is 2.35. The quantitative estimate of drug-likeness (QED) is 0.887. The van der Waals surface area contributed by atoms with Gasteiger partial charge in [-0.2, -0.15) is 0 Å². The number of imidazole rings is 1. The summed E-state index contributed by atoms with van der Waals surface area (Å²) in [6, 6.07) is 4.90. The van der Waals surface area contributed by atoms with Crippen molar-refractivity contribution in [2.75, 3.05) is 13.2 Å². The van der Waals surface area contributed by atoms with Crippen LogP contribution in [0.5, 0.6) is 0 Å². The van der Waals surface area contributed by atoms with Crippen molar-refractivity contribution in [3.63, 3.8) is 0 Å². The van der Waals surface area contributed by atoms with Crippen LogP contribution in [0.4, 0.5) is 0 Å². The van der Waals surface area contributed by atoms with E-state index in [4.69, 9.17) is 28.3 Å². The van der Waals surface area contributed by atoms with Crippen molar-refractivity contribution < 1.29 is 9.90 Å². The van der Waals surface area contributed by atoms with Crippen LogP contribution in [0.15, 0.2) is 24.4 Å². The average molecular weight is 328 g/mol. The number of aliphatic hydroxyl groups is 1. The van der Waals surface area contributed by atoms with Gasteiger partial charge in [-0.3, -0.25) is 4.79 Å². The van der Waals surface area contributed by atoms with Gasteiger partial charge in [0.05, 0.1) is 40.7 Å². The summed E-state index contributed by atoms with van der Waals surface area (Å²) < 4.78 is 0. The summed E-state index contributed by atoms with van der Waals surface area (Å²) >= 11 is 12.0. The van der Waals surface area contributed by atoms with Crippen LogP contribution in [0.1, 0.15) is 21.9 Å². The molecular formula is C14H15Cl2N3O2. The molecular weight excluding hydrogens is 313 g/mol. The first-order valence-corrected chi connectivity index (χ1v) is 7.13. The van der Waals surface area contributed by atoms with Gasteiger partial charge in [0, 0.05) is 6.54 Å². The van der Waals surface area contributed by atoms with Gasteiger partial charge in [-0.05, 0) is 19.1 Å². The maximum atomic E-state index is 12.6. The fourth-order valence-electron chi connectivity index (χ4n) is 1.97. The summed E-state index contributed by atoms with van der Waals surface area (Å²) in [6.45, 7) is 2.19. The van der Waals surface area contributed by atoms with E-state index >= 15 is 0 Å². The van der Waals surface area contributed by atoms with Gasteiger partial charge in [0.2, 0.25) is 0 Å². The maximum Gasteiger partial charge on any atom is 0.255 e. The van der Waals surface area contributed by atoms with Crippen LogP contribution in [-0.2, 0) is 6.54 Å². The molecule has 0 unspecified atom stereocenters. The molecule has 2 aromatic rings. The zero-order valence-corrected chi connectivity index (χ0v) is 12.9. The van der Waals surface area contributed by atoms with Crippen molar-refractivity contribution in [1.82, 2.24) is 14.9 Å². The molecule has 0 bridgehead atoms. The van der Waals surface area contributed by atoms with Gasteiger partial charge in [0.1, 0.15) is 5.82 Å². The van der Waals surface area contributed by atoms with Crippen molar-refractivity contribution in [2.24, 2.45) is 0 Å². The molecule has 1 amide bonds. The van der Waals surface area contributed by atoms with E-state index in [1.807, 2.05) is 6.92 Å². The van der Waals surface area contributed by atoms with Crippen LogP contribution in [0.25, 0.3) is 0 Å². The Morgan fingerprint density at radius 3 is 2.81 bits per heavy atom. The Hall–Kier alpha value is -1.56. The molecule has 0 aliphatic heterocycles. The number of nitrogens with zero attached hydrogens (tertiary/aromatic N) is 2. The van der Waals surface area contributed by atoms with E-state index in [0.717, 1.165) is 11.5 Å². The molecule has 2 N–H and O–H groups in total. The molecule has 0 aliphatic carbocycles. The topological polar surface area (TPSA) is 69.2 Å². The Balaban J connectivity index is 2.24. The SMILES string of the molecule is Cc1ncc(CN(CCO)C(=O)c2cccc(Cl)c2Cl)[nH]1. The highest BCUT2D eigenvalue weighted by Crippen LogP contribution is 2.26. The number of carbonyl (C=O) groups excluding carboxylic acids is 1. The number of H-pyrrole nitrogens is 1. The van der Waals surface area contributed by atoms with Crippen molar-refractivity contribution >= 4 is 29.1 Å². The third-order valence-corrected chi connectivity index (χ3v) is 3.77. The number of halogens is 2. The van der Waals surface area contributed by atoms with Crippen molar-refractivity contribution in [3.05, 3.63) is 51.5 Å². The lowest BCUT2D eigenvalue weighted by Gasteiger charge is -2.21. The van der Waals surface area contributed by atoms with E-state index in [-0.39, 0.29) is 24.1 Å². The minimum atomic E-state index is -0.288. The van der Waals surface area contributed by atoms with E-state index in [2.05, 4.69) is 9.97 Å². The van der Waals surface area contributed by atoms with Gasteiger partial charge in [0.25, 0.3) is 5.91 Å². The number of aromatic amines is 1. The smallest absolute Gasteiger partial charge is 0.255 e. The van der Waals surface area contributed by atoms with Gasteiger partial charge in [-0.1, -0.05) is 29.3 Å².